The molecule has 0 aromatic heterocycles. The number of carbonyl (C=O) groups excluding carboxylic acids is 1. The molecule has 3 nitrogen and oxygen atoms in total. The average Bonchev–Trinajstić information content (AvgIpc) is 2.04. The molecule has 0 N–H and O–H groups in total. The highest BCUT2D eigenvalue weighted by Crippen LogP contribution is 1.98. The van der Waals surface area contributed by atoms with E-state index in [0.717, 1.165) is 39.0 Å². The molecule has 1 fully saturated rings. The van der Waals surface area contributed by atoms with E-state index in [0.29, 0.717) is 6.42 Å². The number of aldehydes is 1. The van der Waals surface area contributed by atoms with E-state index in [2.05, 4.69) is 16.8 Å². The fourth-order valence-corrected chi connectivity index (χ4v) is 1.31. The minimum atomic E-state index is 0.684. The number of likely N-dealkylation sites (N-methyl/N-ethyl adjacent to an activating group) is 1. The average molecular weight is 156 g/mol. The highest BCUT2D eigenvalue weighted by Gasteiger charge is 2.12. The van der Waals surface area contributed by atoms with Gasteiger partial charge in [0.05, 0.1) is 0 Å². The Hall–Kier alpha value is -0.410. The largest absolute Gasteiger partial charge is 0.304 e. The molecule has 0 aliphatic carbocycles. The molecule has 0 aromatic carbocycles. The van der Waals surface area contributed by atoms with Gasteiger partial charge < -0.3 is 14.6 Å². The maximum absolute atomic E-state index is 10.1. The summed E-state index contributed by atoms with van der Waals surface area (Å²) in [7, 11) is 2.14. The van der Waals surface area contributed by atoms with Crippen LogP contribution in [0.15, 0.2) is 0 Å². The van der Waals surface area contributed by atoms with Crippen molar-refractivity contribution in [3.05, 3.63) is 0 Å². The molecule has 0 atom stereocenters. The van der Waals surface area contributed by atoms with Crippen LogP contribution in [0.1, 0.15) is 6.42 Å². The topological polar surface area (TPSA) is 23.6 Å². The normalized spacial score (nSPS) is 21.9. The minimum Gasteiger partial charge on any atom is -0.304 e. The second kappa shape index (κ2) is 4.46. The van der Waals surface area contributed by atoms with Crippen LogP contribution in [0.4, 0.5) is 0 Å². The molecule has 0 amide bonds. The quantitative estimate of drug-likeness (QED) is 0.530. The molecule has 0 bridgehead atoms. The van der Waals surface area contributed by atoms with E-state index in [1.165, 1.54) is 0 Å². The van der Waals surface area contributed by atoms with Crippen LogP contribution in [-0.2, 0) is 4.79 Å². The predicted octanol–water partition coefficient (Wildman–Crippen LogP) is -0.177. The molecule has 1 aliphatic rings. The summed E-state index contributed by atoms with van der Waals surface area (Å²) < 4.78 is 0. The molecule has 1 aliphatic heterocycles. The lowest BCUT2D eigenvalue weighted by molar-refractivity contribution is -0.108. The SMILES string of the molecule is CN1CCN(CCC=O)CC1. The zero-order valence-electron chi connectivity index (χ0n) is 7.12. The summed E-state index contributed by atoms with van der Waals surface area (Å²) in [6, 6.07) is 0. The van der Waals surface area contributed by atoms with Gasteiger partial charge >= 0.3 is 0 Å². The van der Waals surface area contributed by atoms with Gasteiger partial charge in [-0.3, -0.25) is 0 Å². The van der Waals surface area contributed by atoms with Gasteiger partial charge in [0.25, 0.3) is 0 Å². The molecule has 11 heavy (non-hydrogen) atoms. The lowest BCUT2D eigenvalue weighted by Crippen LogP contribution is -2.44. The van der Waals surface area contributed by atoms with Gasteiger partial charge in [-0.15, -0.1) is 0 Å². The van der Waals surface area contributed by atoms with Gasteiger partial charge in [-0.1, -0.05) is 0 Å². The van der Waals surface area contributed by atoms with E-state index in [1.54, 1.807) is 0 Å². The maximum atomic E-state index is 10.1. The Bertz CT molecular complexity index is 119. The first kappa shape index (κ1) is 8.68. The van der Waals surface area contributed by atoms with Crippen molar-refractivity contribution in [3.63, 3.8) is 0 Å². The Labute approximate surface area is 68.0 Å². The second-order valence-corrected chi connectivity index (χ2v) is 3.10. The Balaban J connectivity index is 2.12. The van der Waals surface area contributed by atoms with Crippen molar-refractivity contribution in [2.24, 2.45) is 0 Å². The summed E-state index contributed by atoms with van der Waals surface area (Å²) in [5.41, 5.74) is 0. The summed E-state index contributed by atoms with van der Waals surface area (Å²) in [5.74, 6) is 0. The van der Waals surface area contributed by atoms with Crippen molar-refractivity contribution in [3.8, 4) is 0 Å². The summed E-state index contributed by atoms with van der Waals surface area (Å²) in [4.78, 5) is 14.7. The van der Waals surface area contributed by atoms with E-state index >= 15 is 0 Å². The highest BCUT2D eigenvalue weighted by molar-refractivity contribution is 5.49. The monoisotopic (exact) mass is 156 g/mol. The number of nitrogens with zero attached hydrogens (tertiary/aromatic N) is 2. The smallest absolute Gasteiger partial charge is 0.121 e. The van der Waals surface area contributed by atoms with Crippen LogP contribution in [0.25, 0.3) is 0 Å². The van der Waals surface area contributed by atoms with Gasteiger partial charge in [-0.05, 0) is 7.05 Å². The molecule has 3 heteroatoms. The third-order valence-electron chi connectivity index (χ3n) is 2.16. The van der Waals surface area contributed by atoms with Crippen LogP contribution < -0.4 is 0 Å². The fourth-order valence-electron chi connectivity index (χ4n) is 1.31. The molecule has 1 saturated heterocycles. The Morgan fingerprint density at radius 2 is 1.91 bits per heavy atom. The van der Waals surface area contributed by atoms with Crippen molar-refractivity contribution in [1.82, 2.24) is 9.80 Å². The van der Waals surface area contributed by atoms with Crippen LogP contribution in [0.3, 0.4) is 0 Å². The summed E-state index contributed by atoms with van der Waals surface area (Å²) in [5, 5.41) is 0. The highest BCUT2D eigenvalue weighted by atomic mass is 16.1. The van der Waals surface area contributed by atoms with Crippen molar-refractivity contribution in [2.45, 2.75) is 6.42 Å². The first-order valence-corrected chi connectivity index (χ1v) is 4.17. The van der Waals surface area contributed by atoms with Crippen molar-refractivity contribution in [1.29, 1.82) is 0 Å². The van der Waals surface area contributed by atoms with Gasteiger partial charge in [0.1, 0.15) is 6.29 Å². The third kappa shape index (κ3) is 2.99. The second-order valence-electron chi connectivity index (χ2n) is 3.10. The van der Waals surface area contributed by atoms with Crippen LogP contribution in [0, 0.1) is 0 Å². The molecule has 0 saturated carbocycles. The zero-order chi connectivity index (χ0) is 8.10. The lowest BCUT2D eigenvalue weighted by Gasteiger charge is -2.31. The number of piperazine rings is 1. The van der Waals surface area contributed by atoms with Crippen LogP contribution >= 0.6 is 0 Å². The molecule has 1 rings (SSSR count). The van der Waals surface area contributed by atoms with E-state index in [4.69, 9.17) is 0 Å². The number of hydrogen-bond donors (Lipinski definition) is 0. The number of hydrogen-bond acceptors (Lipinski definition) is 3. The molecule has 0 spiro atoms. The third-order valence-corrected chi connectivity index (χ3v) is 2.16. The number of carbonyl (C=O) groups is 1. The van der Waals surface area contributed by atoms with Gasteiger partial charge in [-0.25, -0.2) is 0 Å². The Morgan fingerprint density at radius 3 is 2.45 bits per heavy atom. The first-order chi connectivity index (χ1) is 5.33. The maximum Gasteiger partial charge on any atom is 0.121 e. The number of rotatable bonds is 3. The molecule has 1 heterocycles. The molecular weight excluding hydrogens is 140 g/mol. The molecule has 64 valence electrons. The predicted molar refractivity (Wildman–Crippen MR) is 44.6 cm³/mol. The van der Waals surface area contributed by atoms with Crippen LogP contribution in [-0.4, -0.2) is 55.9 Å². The van der Waals surface area contributed by atoms with Crippen molar-refractivity contribution < 1.29 is 4.79 Å². The molecule has 0 aromatic rings. The van der Waals surface area contributed by atoms with Gasteiger partial charge in [0.2, 0.25) is 0 Å². The molecule has 0 radical (unpaired) electrons. The van der Waals surface area contributed by atoms with Crippen molar-refractivity contribution >= 4 is 6.29 Å². The van der Waals surface area contributed by atoms with Crippen LogP contribution in [0.5, 0.6) is 0 Å². The summed E-state index contributed by atoms with van der Waals surface area (Å²) in [6.07, 6.45) is 1.68. The molecule has 0 unspecified atom stereocenters. The Morgan fingerprint density at radius 1 is 1.27 bits per heavy atom. The van der Waals surface area contributed by atoms with E-state index in [9.17, 15) is 4.79 Å². The van der Waals surface area contributed by atoms with E-state index in [1.807, 2.05) is 0 Å². The fraction of sp³-hybridized carbons (Fsp3) is 0.875. The standard InChI is InChI=1S/C8H16N2O/c1-9-4-6-10(7-5-9)3-2-8-11/h8H,2-7H2,1H3. The first-order valence-electron chi connectivity index (χ1n) is 4.17. The summed E-state index contributed by atoms with van der Waals surface area (Å²) >= 11 is 0. The van der Waals surface area contributed by atoms with Crippen molar-refractivity contribution in [2.75, 3.05) is 39.8 Å². The lowest BCUT2D eigenvalue weighted by atomic mass is 10.3. The minimum absolute atomic E-state index is 0.684. The Kier molecular flexibility index (Phi) is 3.52. The van der Waals surface area contributed by atoms with Crippen LogP contribution in [0.2, 0.25) is 0 Å². The summed E-state index contributed by atoms with van der Waals surface area (Å²) in [6.45, 7) is 5.45. The van der Waals surface area contributed by atoms with E-state index < -0.39 is 0 Å². The van der Waals surface area contributed by atoms with E-state index in [-0.39, 0.29) is 0 Å². The zero-order valence-corrected chi connectivity index (χ0v) is 7.12. The van der Waals surface area contributed by atoms with Gasteiger partial charge in [0, 0.05) is 39.1 Å². The van der Waals surface area contributed by atoms with Gasteiger partial charge in [0.15, 0.2) is 0 Å². The molecular formula is C8H16N2O. The van der Waals surface area contributed by atoms with Gasteiger partial charge in [-0.2, -0.15) is 0 Å².